The van der Waals surface area contributed by atoms with Gasteiger partial charge in [-0.1, -0.05) is 0 Å². The number of carbonyl (C=O) groups excluding carboxylic acids is 1. The molecule has 1 amide bonds. The van der Waals surface area contributed by atoms with Crippen LogP contribution in [0.1, 0.15) is 24.2 Å². The SMILES string of the molecule is CN(C)c1ccc(C(=O)NCC(C)(C)C#N)c(F)c1. The van der Waals surface area contributed by atoms with Crippen molar-refractivity contribution < 1.29 is 9.18 Å². The average Bonchev–Trinajstić information content (AvgIpc) is 2.36. The number of rotatable bonds is 4. The van der Waals surface area contributed by atoms with Crippen LogP contribution in [0.25, 0.3) is 0 Å². The Hall–Kier alpha value is -2.09. The van der Waals surface area contributed by atoms with E-state index >= 15 is 0 Å². The van der Waals surface area contributed by atoms with Gasteiger partial charge in [-0.25, -0.2) is 4.39 Å². The molecule has 0 aliphatic heterocycles. The number of hydrogen-bond donors (Lipinski definition) is 1. The molecule has 0 bridgehead atoms. The number of anilines is 1. The van der Waals surface area contributed by atoms with Gasteiger partial charge in [-0.15, -0.1) is 0 Å². The molecule has 5 heteroatoms. The summed E-state index contributed by atoms with van der Waals surface area (Å²) in [7, 11) is 3.59. The molecule has 102 valence electrons. The number of benzene rings is 1. The first-order valence-electron chi connectivity index (χ1n) is 5.93. The number of nitrogens with zero attached hydrogens (tertiary/aromatic N) is 2. The van der Waals surface area contributed by atoms with E-state index in [0.29, 0.717) is 5.69 Å². The second-order valence-electron chi connectivity index (χ2n) is 5.24. The van der Waals surface area contributed by atoms with Crippen LogP contribution < -0.4 is 10.2 Å². The summed E-state index contributed by atoms with van der Waals surface area (Å²) in [5.74, 6) is -1.08. The van der Waals surface area contributed by atoms with E-state index in [0.717, 1.165) is 0 Å². The molecule has 1 N–H and O–H groups in total. The molecule has 0 atom stereocenters. The molecular weight excluding hydrogens is 245 g/mol. The number of nitrogens with one attached hydrogen (secondary N) is 1. The van der Waals surface area contributed by atoms with E-state index < -0.39 is 17.1 Å². The van der Waals surface area contributed by atoms with Crippen molar-refractivity contribution in [1.29, 1.82) is 5.26 Å². The molecule has 0 aromatic heterocycles. The molecule has 0 fully saturated rings. The molecule has 0 saturated carbocycles. The average molecular weight is 263 g/mol. The molecule has 0 heterocycles. The standard InChI is InChI=1S/C14H18FN3O/c1-14(2,8-16)9-17-13(19)11-6-5-10(18(3)4)7-12(11)15/h5-7H,9H2,1-4H3,(H,17,19). The summed E-state index contributed by atoms with van der Waals surface area (Å²) in [5, 5.41) is 11.4. The van der Waals surface area contributed by atoms with Gasteiger partial charge in [0.1, 0.15) is 5.82 Å². The lowest BCUT2D eigenvalue weighted by molar-refractivity contribution is 0.0939. The smallest absolute Gasteiger partial charge is 0.254 e. The van der Waals surface area contributed by atoms with Gasteiger partial charge < -0.3 is 10.2 Å². The monoisotopic (exact) mass is 263 g/mol. The topological polar surface area (TPSA) is 56.1 Å². The van der Waals surface area contributed by atoms with Crippen LogP contribution in [0.3, 0.4) is 0 Å². The third kappa shape index (κ3) is 3.95. The zero-order valence-corrected chi connectivity index (χ0v) is 11.6. The van der Waals surface area contributed by atoms with Crippen molar-refractivity contribution in [2.24, 2.45) is 5.41 Å². The van der Waals surface area contributed by atoms with E-state index in [1.165, 1.54) is 12.1 Å². The first-order chi connectivity index (χ1) is 8.76. The highest BCUT2D eigenvalue weighted by Crippen LogP contribution is 2.17. The zero-order chi connectivity index (χ0) is 14.6. The lowest BCUT2D eigenvalue weighted by atomic mass is 9.96. The van der Waals surface area contributed by atoms with Crippen molar-refractivity contribution in [2.45, 2.75) is 13.8 Å². The third-order valence-electron chi connectivity index (χ3n) is 2.71. The van der Waals surface area contributed by atoms with Gasteiger partial charge in [-0.05, 0) is 32.0 Å². The van der Waals surface area contributed by atoms with E-state index in [9.17, 15) is 9.18 Å². The number of amides is 1. The van der Waals surface area contributed by atoms with Gasteiger partial charge in [0.15, 0.2) is 0 Å². The predicted molar refractivity (Wildman–Crippen MR) is 72.5 cm³/mol. The first-order valence-corrected chi connectivity index (χ1v) is 5.93. The maximum absolute atomic E-state index is 13.8. The maximum Gasteiger partial charge on any atom is 0.254 e. The van der Waals surface area contributed by atoms with E-state index in [1.54, 1.807) is 38.9 Å². The lowest BCUT2D eigenvalue weighted by Gasteiger charge is -2.17. The lowest BCUT2D eigenvalue weighted by Crippen LogP contribution is -2.33. The van der Waals surface area contributed by atoms with Crippen molar-refractivity contribution in [3.63, 3.8) is 0 Å². The third-order valence-corrected chi connectivity index (χ3v) is 2.71. The van der Waals surface area contributed by atoms with Crippen molar-refractivity contribution in [2.75, 3.05) is 25.5 Å². The van der Waals surface area contributed by atoms with Gasteiger partial charge in [0.2, 0.25) is 0 Å². The summed E-state index contributed by atoms with van der Waals surface area (Å²) in [4.78, 5) is 13.6. The van der Waals surface area contributed by atoms with Crippen LogP contribution in [0, 0.1) is 22.6 Å². The second kappa shape index (κ2) is 5.70. The molecular formula is C14H18FN3O. The normalized spacial score (nSPS) is 10.7. The highest BCUT2D eigenvalue weighted by molar-refractivity contribution is 5.94. The molecule has 19 heavy (non-hydrogen) atoms. The van der Waals surface area contributed by atoms with Crippen molar-refractivity contribution >= 4 is 11.6 Å². The summed E-state index contributed by atoms with van der Waals surface area (Å²) >= 11 is 0. The van der Waals surface area contributed by atoms with Gasteiger partial charge >= 0.3 is 0 Å². The Morgan fingerprint density at radius 2 is 2.11 bits per heavy atom. The highest BCUT2D eigenvalue weighted by atomic mass is 19.1. The van der Waals surface area contributed by atoms with Crippen LogP contribution in [0.15, 0.2) is 18.2 Å². The largest absolute Gasteiger partial charge is 0.378 e. The molecule has 4 nitrogen and oxygen atoms in total. The molecule has 0 spiro atoms. The van der Waals surface area contributed by atoms with E-state index in [4.69, 9.17) is 5.26 Å². The number of halogens is 1. The zero-order valence-electron chi connectivity index (χ0n) is 11.6. The van der Waals surface area contributed by atoms with Crippen LogP contribution >= 0.6 is 0 Å². The summed E-state index contributed by atoms with van der Waals surface area (Å²) in [6, 6.07) is 6.50. The fourth-order valence-electron chi connectivity index (χ4n) is 1.40. The Morgan fingerprint density at radius 3 is 2.58 bits per heavy atom. The van der Waals surface area contributed by atoms with Crippen molar-refractivity contribution in [3.8, 4) is 6.07 Å². The molecule has 0 aliphatic rings. The predicted octanol–water partition coefficient (Wildman–Crippen LogP) is 2.17. The summed E-state index contributed by atoms with van der Waals surface area (Å²) in [6.07, 6.45) is 0. The number of hydrogen-bond acceptors (Lipinski definition) is 3. The molecule has 0 aliphatic carbocycles. The second-order valence-corrected chi connectivity index (χ2v) is 5.24. The first kappa shape index (κ1) is 15.0. The fourth-order valence-corrected chi connectivity index (χ4v) is 1.40. The molecule has 1 aromatic rings. The number of carbonyl (C=O) groups is 1. The van der Waals surface area contributed by atoms with Crippen LogP contribution in [0.2, 0.25) is 0 Å². The quantitative estimate of drug-likeness (QED) is 0.905. The molecule has 0 saturated heterocycles. The van der Waals surface area contributed by atoms with Crippen molar-refractivity contribution in [1.82, 2.24) is 5.32 Å². The molecule has 0 unspecified atom stereocenters. The summed E-state index contributed by atoms with van der Waals surface area (Å²) in [5.41, 5.74) is 0.00107. The Bertz CT molecular complexity index is 518. The molecule has 1 rings (SSSR count). The van der Waals surface area contributed by atoms with Crippen LogP contribution in [0.4, 0.5) is 10.1 Å². The Kier molecular flexibility index (Phi) is 4.49. The minimum absolute atomic E-state index is 0.0145. The van der Waals surface area contributed by atoms with Crippen LogP contribution in [-0.4, -0.2) is 26.5 Å². The fraction of sp³-hybridized carbons (Fsp3) is 0.429. The maximum atomic E-state index is 13.8. The Morgan fingerprint density at radius 1 is 1.47 bits per heavy atom. The van der Waals surface area contributed by atoms with E-state index in [-0.39, 0.29) is 12.1 Å². The van der Waals surface area contributed by atoms with Crippen LogP contribution in [-0.2, 0) is 0 Å². The van der Waals surface area contributed by atoms with Crippen LogP contribution in [0.5, 0.6) is 0 Å². The van der Waals surface area contributed by atoms with Gasteiger partial charge in [-0.2, -0.15) is 5.26 Å². The van der Waals surface area contributed by atoms with Gasteiger partial charge in [0.05, 0.1) is 17.0 Å². The Balaban J connectivity index is 2.82. The van der Waals surface area contributed by atoms with E-state index in [2.05, 4.69) is 11.4 Å². The van der Waals surface area contributed by atoms with Crippen molar-refractivity contribution in [3.05, 3.63) is 29.6 Å². The van der Waals surface area contributed by atoms with E-state index in [1.807, 2.05) is 0 Å². The minimum Gasteiger partial charge on any atom is -0.378 e. The number of nitriles is 1. The molecule has 1 aromatic carbocycles. The van der Waals surface area contributed by atoms with Gasteiger partial charge in [0.25, 0.3) is 5.91 Å². The minimum atomic E-state index is -0.671. The molecule has 0 radical (unpaired) electrons. The highest BCUT2D eigenvalue weighted by Gasteiger charge is 2.19. The Labute approximate surface area is 112 Å². The van der Waals surface area contributed by atoms with Gasteiger partial charge in [0, 0.05) is 26.3 Å². The summed E-state index contributed by atoms with van der Waals surface area (Å²) in [6.45, 7) is 3.59. The van der Waals surface area contributed by atoms with Gasteiger partial charge in [-0.3, -0.25) is 4.79 Å². The summed E-state index contributed by atoms with van der Waals surface area (Å²) < 4.78 is 13.8.